The van der Waals surface area contributed by atoms with E-state index < -0.39 is 6.10 Å². The SMILES string of the molecule is CC/C=C\C/C=C\C/C=C\C/C=C\C/C=C\CCCC(=O)OC(COC(=O)CCCCCCCCC/C=C\CCCCCCCCC)COC(=O)CCCCCCCCCCCCCCCCCCC. The summed E-state index contributed by atoms with van der Waals surface area (Å²) in [5.74, 6) is -0.948. The summed E-state index contributed by atoms with van der Waals surface area (Å²) in [6.45, 7) is 6.51. The van der Waals surface area contributed by atoms with Crippen molar-refractivity contribution in [2.24, 2.45) is 0 Å². The molecular weight excluding hydrogens is 865 g/mol. The summed E-state index contributed by atoms with van der Waals surface area (Å²) in [7, 11) is 0. The molecule has 404 valence electrons. The van der Waals surface area contributed by atoms with E-state index in [1.165, 1.54) is 173 Å². The summed E-state index contributed by atoms with van der Waals surface area (Å²) >= 11 is 0. The van der Waals surface area contributed by atoms with Crippen molar-refractivity contribution in [3.8, 4) is 0 Å². The van der Waals surface area contributed by atoms with Gasteiger partial charge in [-0.25, -0.2) is 0 Å². The molecule has 0 rings (SSSR count). The van der Waals surface area contributed by atoms with E-state index >= 15 is 0 Å². The van der Waals surface area contributed by atoms with Crippen LogP contribution < -0.4 is 0 Å². The molecule has 70 heavy (non-hydrogen) atoms. The third-order valence-corrected chi connectivity index (χ3v) is 12.9. The van der Waals surface area contributed by atoms with Crippen LogP contribution in [-0.4, -0.2) is 37.2 Å². The third-order valence-electron chi connectivity index (χ3n) is 12.9. The molecule has 0 fully saturated rings. The van der Waals surface area contributed by atoms with Crippen molar-refractivity contribution in [3.05, 3.63) is 72.9 Å². The molecule has 1 atom stereocenters. The molecule has 0 N–H and O–H groups in total. The van der Waals surface area contributed by atoms with E-state index in [4.69, 9.17) is 14.2 Å². The van der Waals surface area contributed by atoms with Gasteiger partial charge in [-0.15, -0.1) is 0 Å². The number of carbonyl (C=O) groups excluding carboxylic acids is 3. The molecule has 0 aromatic heterocycles. The van der Waals surface area contributed by atoms with Crippen molar-refractivity contribution >= 4 is 17.9 Å². The highest BCUT2D eigenvalue weighted by atomic mass is 16.6. The molecule has 0 bridgehead atoms. The number of rotatable bonds is 54. The Bertz CT molecular complexity index is 1310. The van der Waals surface area contributed by atoms with E-state index in [9.17, 15) is 14.4 Å². The second-order valence-corrected chi connectivity index (χ2v) is 19.9. The zero-order chi connectivity index (χ0) is 50.7. The average molecular weight is 978 g/mol. The van der Waals surface area contributed by atoms with Crippen LogP contribution in [0.15, 0.2) is 72.9 Å². The van der Waals surface area contributed by atoms with Crippen LogP contribution in [0.5, 0.6) is 0 Å². The minimum Gasteiger partial charge on any atom is -0.462 e. The van der Waals surface area contributed by atoms with E-state index in [-0.39, 0.29) is 37.5 Å². The summed E-state index contributed by atoms with van der Waals surface area (Å²) < 4.78 is 16.8. The van der Waals surface area contributed by atoms with Crippen molar-refractivity contribution in [2.45, 2.75) is 303 Å². The molecule has 1 unspecified atom stereocenters. The van der Waals surface area contributed by atoms with Crippen LogP contribution in [0.3, 0.4) is 0 Å². The topological polar surface area (TPSA) is 78.9 Å². The molecule has 0 saturated heterocycles. The van der Waals surface area contributed by atoms with Gasteiger partial charge in [-0.1, -0.05) is 267 Å². The zero-order valence-corrected chi connectivity index (χ0v) is 46.3. The normalized spacial score (nSPS) is 12.6. The molecule has 0 aromatic rings. The first kappa shape index (κ1) is 66.9. The largest absolute Gasteiger partial charge is 0.462 e. The Morgan fingerprint density at radius 1 is 0.300 bits per heavy atom. The predicted molar refractivity (Wildman–Crippen MR) is 302 cm³/mol. The molecule has 0 aliphatic carbocycles. The Balaban J connectivity index is 4.44. The summed E-state index contributed by atoms with van der Waals surface area (Å²) in [6, 6.07) is 0. The Kier molecular flexibility index (Phi) is 55.8. The first-order valence-corrected chi connectivity index (χ1v) is 29.9. The second-order valence-electron chi connectivity index (χ2n) is 19.9. The van der Waals surface area contributed by atoms with Crippen LogP contribution in [0, 0.1) is 0 Å². The molecule has 6 nitrogen and oxygen atoms in total. The van der Waals surface area contributed by atoms with Gasteiger partial charge in [0.1, 0.15) is 13.2 Å². The summed E-state index contributed by atoms with van der Waals surface area (Å²) in [5, 5.41) is 0. The molecule has 0 aliphatic rings. The smallest absolute Gasteiger partial charge is 0.306 e. The number of unbranched alkanes of at least 4 members (excludes halogenated alkanes) is 31. The summed E-state index contributed by atoms with van der Waals surface area (Å²) in [4.78, 5) is 38.2. The number of hydrogen-bond acceptors (Lipinski definition) is 6. The lowest BCUT2D eigenvalue weighted by Crippen LogP contribution is -2.30. The van der Waals surface area contributed by atoms with E-state index in [1.807, 2.05) is 0 Å². The third kappa shape index (κ3) is 55.8. The van der Waals surface area contributed by atoms with Crippen LogP contribution in [-0.2, 0) is 28.6 Å². The molecule has 0 saturated carbocycles. The van der Waals surface area contributed by atoms with Gasteiger partial charge in [0.15, 0.2) is 6.10 Å². The molecular formula is C64H112O6. The fourth-order valence-corrected chi connectivity index (χ4v) is 8.47. The monoisotopic (exact) mass is 977 g/mol. The van der Waals surface area contributed by atoms with Crippen LogP contribution >= 0.6 is 0 Å². The molecule has 6 heteroatoms. The van der Waals surface area contributed by atoms with Crippen molar-refractivity contribution in [1.82, 2.24) is 0 Å². The second kappa shape index (κ2) is 58.4. The predicted octanol–water partition coefficient (Wildman–Crippen LogP) is 20.2. The lowest BCUT2D eigenvalue weighted by atomic mass is 10.0. The van der Waals surface area contributed by atoms with Gasteiger partial charge in [-0.05, 0) is 83.5 Å². The lowest BCUT2D eigenvalue weighted by Gasteiger charge is -2.18. The highest BCUT2D eigenvalue weighted by Crippen LogP contribution is 2.16. The van der Waals surface area contributed by atoms with Crippen LogP contribution in [0.25, 0.3) is 0 Å². The van der Waals surface area contributed by atoms with E-state index in [0.29, 0.717) is 19.3 Å². The Labute approximate surface area is 433 Å². The quantitative estimate of drug-likeness (QED) is 0.0261. The minimum absolute atomic E-state index is 0.0967. The van der Waals surface area contributed by atoms with Gasteiger partial charge in [0, 0.05) is 19.3 Å². The van der Waals surface area contributed by atoms with Gasteiger partial charge in [0.25, 0.3) is 0 Å². The molecule has 0 aromatic carbocycles. The van der Waals surface area contributed by atoms with Crippen molar-refractivity contribution in [3.63, 3.8) is 0 Å². The number of allylic oxidation sites excluding steroid dienone is 12. The number of carbonyl (C=O) groups is 3. The number of ether oxygens (including phenoxy) is 3. The maximum Gasteiger partial charge on any atom is 0.306 e. The average Bonchev–Trinajstić information content (AvgIpc) is 3.36. The molecule has 0 spiro atoms. The fraction of sp³-hybridized carbons (Fsp3) is 0.766. The minimum atomic E-state index is -0.806. The van der Waals surface area contributed by atoms with Crippen molar-refractivity contribution < 1.29 is 28.6 Å². The van der Waals surface area contributed by atoms with Crippen LogP contribution in [0.1, 0.15) is 297 Å². The Morgan fingerprint density at radius 2 is 0.571 bits per heavy atom. The van der Waals surface area contributed by atoms with Crippen LogP contribution in [0.4, 0.5) is 0 Å². The number of esters is 3. The summed E-state index contributed by atoms with van der Waals surface area (Å²) in [6.07, 6.45) is 74.7. The van der Waals surface area contributed by atoms with E-state index in [2.05, 4.69) is 93.7 Å². The first-order chi connectivity index (χ1) is 34.5. The number of hydrogen-bond donors (Lipinski definition) is 0. The highest BCUT2D eigenvalue weighted by Gasteiger charge is 2.19. The van der Waals surface area contributed by atoms with Crippen LogP contribution in [0.2, 0.25) is 0 Å². The lowest BCUT2D eigenvalue weighted by molar-refractivity contribution is -0.167. The van der Waals surface area contributed by atoms with Gasteiger partial charge in [-0.2, -0.15) is 0 Å². The summed E-state index contributed by atoms with van der Waals surface area (Å²) in [5.41, 5.74) is 0. The van der Waals surface area contributed by atoms with Gasteiger partial charge < -0.3 is 14.2 Å². The Morgan fingerprint density at radius 3 is 0.929 bits per heavy atom. The molecule has 0 heterocycles. The van der Waals surface area contributed by atoms with Gasteiger partial charge >= 0.3 is 17.9 Å². The first-order valence-electron chi connectivity index (χ1n) is 29.9. The van der Waals surface area contributed by atoms with Crippen molar-refractivity contribution in [2.75, 3.05) is 13.2 Å². The molecule has 0 radical (unpaired) electrons. The Hall–Kier alpha value is -3.15. The maximum absolute atomic E-state index is 12.8. The fourth-order valence-electron chi connectivity index (χ4n) is 8.47. The standard InChI is InChI=1S/C64H112O6/c1-4-7-10-13-16-19-22-25-28-31-34-36-39-42-45-48-51-54-57-63(66)69-60-61(70-64(67)58-55-52-49-46-43-40-37-33-30-27-24-21-18-15-12-9-6-3)59-68-62(65)56-53-50-47-44-41-38-35-32-29-26-23-20-17-14-11-8-5-2/h9,12,18,21,27-28,30-31,37,40,46,49,61H,4-8,10-11,13-17,19-20,22-26,29,32-36,38-39,41-45,47-48,50-60H2,1-3H3/b12-9-,21-18-,30-27-,31-28-,40-37-,49-46-. The maximum atomic E-state index is 12.8. The highest BCUT2D eigenvalue weighted by molar-refractivity contribution is 5.71. The molecule has 0 amide bonds. The van der Waals surface area contributed by atoms with Gasteiger partial charge in [0.2, 0.25) is 0 Å². The van der Waals surface area contributed by atoms with Gasteiger partial charge in [0.05, 0.1) is 0 Å². The zero-order valence-electron chi connectivity index (χ0n) is 46.3. The van der Waals surface area contributed by atoms with E-state index in [0.717, 1.165) is 77.0 Å². The van der Waals surface area contributed by atoms with E-state index in [1.54, 1.807) is 0 Å². The molecule has 0 aliphatic heterocycles. The van der Waals surface area contributed by atoms with Crippen molar-refractivity contribution in [1.29, 1.82) is 0 Å². The van der Waals surface area contributed by atoms with Gasteiger partial charge in [-0.3, -0.25) is 14.4 Å².